The van der Waals surface area contributed by atoms with E-state index in [-0.39, 0.29) is 17.8 Å². The first-order chi connectivity index (χ1) is 11.0. The van der Waals surface area contributed by atoms with Crippen molar-refractivity contribution < 1.29 is 9.53 Å². The quantitative estimate of drug-likeness (QED) is 0.450. The molecule has 122 valence electrons. The Morgan fingerprint density at radius 1 is 1.52 bits per heavy atom. The van der Waals surface area contributed by atoms with E-state index in [0.29, 0.717) is 9.47 Å². The highest BCUT2D eigenvalue weighted by Crippen LogP contribution is 2.22. The Kier molecular flexibility index (Phi) is 6.36. The summed E-state index contributed by atoms with van der Waals surface area (Å²) in [4.78, 5) is 11.7. The van der Waals surface area contributed by atoms with E-state index in [2.05, 4.69) is 20.7 Å². The van der Waals surface area contributed by atoms with Crippen LogP contribution in [0.1, 0.15) is 19.4 Å². The predicted octanol–water partition coefficient (Wildman–Crippen LogP) is 2.15. The number of hydrogen-bond donors (Lipinski definition) is 2. The Morgan fingerprint density at radius 3 is 3.04 bits per heavy atom. The summed E-state index contributed by atoms with van der Waals surface area (Å²) in [6, 6.07) is 7.48. The minimum Gasteiger partial charge on any atom is -0.491 e. The summed E-state index contributed by atoms with van der Waals surface area (Å²) in [5.41, 5.74) is 8.77. The molecule has 0 atom stereocenters. The second-order valence-electron chi connectivity index (χ2n) is 4.73. The first-order valence-electron chi connectivity index (χ1n) is 6.83. The molecule has 3 N–H and O–H groups in total. The largest absolute Gasteiger partial charge is 0.491 e. The van der Waals surface area contributed by atoms with Crippen LogP contribution in [0.25, 0.3) is 0 Å². The summed E-state index contributed by atoms with van der Waals surface area (Å²) >= 11 is 2.51. The van der Waals surface area contributed by atoms with Gasteiger partial charge in [-0.05, 0) is 31.5 Å². The van der Waals surface area contributed by atoms with Gasteiger partial charge in [0.15, 0.2) is 4.34 Å². The van der Waals surface area contributed by atoms with Crippen molar-refractivity contribution in [2.45, 2.75) is 24.3 Å². The lowest BCUT2D eigenvalue weighted by molar-refractivity contribution is -0.118. The average molecular weight is 351 g/mol. The van der Waals surface area contributed by atoms with Gasteiger partial charge in [0.1, 0.15) is 5.75 Å². The van der Waals surface area contributed by atoms with Gasteiger partial charge in [-0.2, -0.15) is 5.10 Å². The molecule has 7 nitrogen and oxygen atoms in total. The summed E-state index contributed by atoms with van der Waals surface area (Å²) in [5.74, 6) is 0.733. The summed E-state index contributed by atoms with van der Waals surface area (Å²) in [6.45, 7) is 3.93. The van der Waals surface area contributed by atoms with Gasteiger partial charge < -0.3 is 10.5 Å². The topological polar surface area (TPSA) is 102 Å². The van der Waals surface area contributed by atoms with Crippen molar-refractivity contribution in [3.8, 4) is 5.75 Å². The minimum atomic E-state index is -0.227. The molecule has 1 amide bonds. The number of nitrogens with zero attached hydrogens (tertiary/aromatic N) is 3. The number of carbonyl (C=O) groups is 1. The molecule has 1 heterocycles. The number of aromatic nitrogens is 2. The number of nitrogen functional groups attached to an aromatic ring is 1. The molecule has 0 saturated carbocycles. The van der Waals surface area contributed by atoms with Crippen LogP contribution in [0.3, 0.4) is 0 Å². The van der Waals surface area contributed by atoms with Gasteiger partial charge in [-0.15, -0.1) is 10.2 Å². The van der Waals surface area contributed by atoms with E-state index in [1.807, 2.05) is 38.1 Å². The molecule has 9 heteroatoms. The van der Waals surface area contributed by atoms with Gasteiger partial charge in [0, 0.05) is 0 Å². The van der Waals surface area contributed by atoms with Crippen molar-refractivity contribution in [2.24, 2.45) is 5.10 Å². The number of benzene rings is 1. The Balaban J connectivity index is 1.80. The van der Waals surface area contributed by atoms with Crippen molar-refractivity contribution >= 4 is 40.4 Å². The molecular weight excluding hydrogens is 334 g/mol. The van der Waals surface area contributed by atoms with Crippen molar-refractivity contribution in [3.63, 3.8) is 0 Å². The van der Waals surface area contributed by atoms with Crippen LogP contribution in [0.2, 0.25) is 0 Å². The van der Waals surface area contributed by atoms with Crippen LogP contribution in [0.5, 0.6) is 5.75 Å². The summed E-state index contributed by atoms with van der Waals surface area (Å²) < 4.78 is 6.25. The standard InChI is InChI=1S/C14H17N5O2S2/c1-9(2)21-11-5-3-4-10(6-11)7-16-17-12(20)8-22-14-19-18-13(15)23-14/h3-7,9H,8H2,1-2H3,(H2,15,18)(H,17,20). The SMILES string of the molecule is CC(C)Oc1cccc(C=NNC(=O)CSc2nnc(N)s2)c1. The Hall–Kier alpha value is -2.13. The molecule has 0 fully saturated rings. The Morgan fingerprint density at radius 2 is 2.35 bits per heavy atom. The zero-order valence-corrected chi connectivity index (χ0v) is 14.4. The monoisotopic (exact) mass is 351 g/mol. The van der Waals surface area contributed by atoms with Gasteiger partial charge in [0.25, 0.3) is 5.91 Å². The first-order valence-corrected chi connectivity index (χ1v) is 8.63. The molecule has 0 saturated heterocycles. The average Bonchev–Trinajstić information content (AvgIpc) is 2.90. The number of thioether (sulfide) groups is 1. The molecule has 2 aromatic rings. The van der Waals surface area contributed by atoms with Crippen LogP contribution in [0.15, 0.2) is 33.7 Å². The fourth-order valence-corrected chi connectivity index (χ4v) is 2.99. The molecular formula is C14H17N5O2S2. The summed E-state index contributed by atoms with van der Waals surface area (Å²) in [7, 11) is 0. The van der Waals surface area contributed by atoms with E-state index in [1.54, 1.807) is 6.21 Å². The molecule has 0 aliphatic rings. The fraction of sp³-hybridized carbons (Fsp3) is 0.286. The normalized spacial score (nSPS) is 11.1. The van der Waals surface area contributed by atoms with E-state index < -0.39 is 0 Å². The van der Waals surface area contributed by atoms with Crippen LogP contribution < -0.4 is 15.9 Å². The predicted molar refractivity (Wildman–Crippen MR) is 93.0 cm³/mol. The van der Waals surface area contributed by atoms with Gasteiger partial charge in [-0.3, -0.25) is 4.79 Å². The molecule has 0 bridgehead atoms. The van der Waals surface area contributed by atoms with Gasteiger partial charge >= 0.3 is 0 Å². The second-order valence-corrected chi connectivity index (χ2v) is 6.96. The van der Waals surface area contributed by atoms with Gasteiger partial charge in [0.05, 0.1) is 18.1 Å². The number of nitrogens with one attached hydrogen (secondary N) is 1. The number of amides is 1. The zero-order valence-electron chi connectivity index (χ0n) is 12.7. The van der Waals surface area contributed by atoms with Crippen LogP contribution >= 0.6 is 23.1 Å². The molecule has 0 aliphatic heterocycles. The van der Waals surface area contributed by atoms with E-state index in [1.165, 1.54) is 23.1 Å². The van der Waals surface area contributed by atoms with Crippen molar-refractivity contribution in [1.82, 2.24) is 15.6 Å². The number of rotatable bonds is 7. The molecule has 0 aliphatic carbocycles. The van der Waals surface area contributed by atoms with E-state index in [4.69, 9.17) is 10.5 Å². The zero-order chi connectivity index (χ0) is 16.7. The molecule has 1 aromatic carbocycles. The number of hydrazone groups is 1. The number of anilines is 1. The van der Waals surface area contributed by atoms with Crippen LogP contribution in [0.4, 0.5) is 5.13 Å². The molecule has 1 aromatic heterocycles. The second kappa shape index (κ2) is 8.49. The molecule has 0 spiro atoms. The first kappa shape index (κ1) is 17.2. The minimum absolute atomic E-state index is 0.105. The van der Waals surface area contributed by atoms with E-state index in [9.17, 15) is 4.79 Å². The Bertz CT molecular complexity index is 687. The number of nitrogens with two attached hydrogens (primary N) is 1. The van der Waals surface area contributed by atoms with Crippen LogP contribution in [-0.2, 0) is 4.79 Å². The number of carbonyl (C=O) groups excluding carboxylic acids is 1. The third-order valence-corrected chi connectivity index (χ3v) is 4.27. The Labute approximate surface area is 142 Å². The van der Waals surface area contributed by atoms with Crippen molar-refractivity contribution in [2.75, 3.05) is 11.5 Å². The number of hydrogen-bond acceptors (Lipinski definition) is 8. The smallest absolute Gasteiger partial charge is 0.250 e. The van der Waals surface area contributed by atoms with Crippen LogP contribution in [0, 0.1) is 0 Å². The maximum atomic E-state index is 11.7. The van der Waals surface area contributed by atoms with Crippen molar-refractivity contribution in [1.29, 1.82) is 0 Å². The maximum Gasteiger partial charge on any atom is 0.250 e. The molecule has 2 rings (SSSR count). The fourth-order valence-electron chi connectivity index (χ4n) is 1.56. The van der Waals surface area contributed by atoms with E-state index in [0.717, 1.165) is 11.3 Å². The lowest BCUT2D eigenvalue weighted by Crippen LogP contribution is -2.19. The van der Waals surface area contributed by atoms with Gasteiger partial charge in [-0.25, -0.2) is 5.43 Å². The highest BCUT2D eigenvalue weighted by molar-refractivity contribution is 8.01. The van der Waals surface area contributed by atoms with Gasteiger partial charge in [-0.1, -0.05) is 35.2 Å². The lowest BCUT2D eigenvalue weighted by Gasteiger charge is -2.09. The molecule has 0 radical (unpaired) electrons. The van der Waals surface area contributed by atoms with E-state index >= 15 is 0 Å². The number of ether oxygens (including phenoxy) is 1. The van der Waals surface area contributed by atoms with Crippen molar-refractivity contribution in [3.05, 3.63) is 29.8 Å². The summed E-state index contributed by atoms with van der Waals surface area (Å²) in [5, 5.41) is 11.8. The molecule has 23 heavy (non-hydrogen) atoms. The third-order valence-electron chi connectivity index (χ3n) is 2.38. The lowest BCUT2D eigenvalue weighted by atomic mass is 10.2. The van der Waals surface area contributed by atoms with Gasteiger partial charge in [0.2, 0.25) is 5.13 Å². The highest BCUT2D eigenvalue weighted by atomic mass is 32.2. The van der Waals surface area contributed by atoms with Crippen LogP contribution in [-0.4, -0.2) is 34.2 Å². The maximum absolute atomic E-state index is 11.7. The summed E-state index contributed by atoms with van der Waals surface area (Å²) in [6.07, 6.45) is 1.67. The third kappa shape index (κ3) is 6.25. The highest BCUT2D eigenvalue weighted by Gasteiger charge is 2.05. The molecule has 0 unspecified atom stereocenters.